The van der Waals surface area contributed by atoms with Crippen molar-refractivity contribution < 1.29 is 9.90 Å². The highest BCUT2D eigenvalue weighted by Gasteiger charge is 2.31. The number of carboxylic acids is 1. The number of hydrogen-bond donors (Lipinski definition) is 2. The number of halogens is 1. The number of carboxylic acid groups (broad SMARTS) is 1. The van der Waals surface area contributed by atoms with E-state index < -0.39 is 5.97 Å². The van der Waals surface area contributed by atoms with E-state index in [0.29, 0.717) is 0 Å². The van der Waals surface area contributed by atoms with Gasteiger partial charge >= 0.3 is 5.97 Å². The second kappa shape index (κ2) is 7.51. The Kier molecular flexibility index (Phi) is 6.32. The molecule has 0 aromatic heterocycles. The maximum atomic E-state index is 11.2. The monoisotopic (exact) mass is 283 g/mol. The molecular formula is C15H22ClNO2. The Bertz CT molecular complexity index is 396. The summed E-state index contributed by atoms with van der Waals surface area (Å²) in [5.41, 5.74) is 1.22. The standard InChI is InChI=1S/C15H21NO2.ClH/c1-11(12-7-3-2-4-8-12)16-14-10-6-5-9-13(14)15(17)18;/h2-4,7-8,11,13-14,16H,5-6,9-10H2,1H3,(H,17,18);1H/t11-,13+,14-;/m1./s1. The van der Waals surface area contributed by atoms with Crippen LogP contribution in [0.3, 0.4) is 0 Å². The third kappa shape index (κ3) is 4.22. The van der Waals surface area contributed by atoms with E-state index in [4.69, 9.17) is 0 Å². The summed E-state index contributed by atoms with van der Waals surface area (Å²) in [6.45, 7) is 2.10. The van der Waals surface area contributed by atoms with Gasteiger partial charge < -0.3 is 10.4 Å². The van der Waals surface area contributed by atoms with E-state index in [9.17, 15) is 9.90 Å². The first-order chi connectivity index (χ1) is 8.68. The first-order valence-corrected chi connectivity index (χ1v) is 6.72. The molecule has 1 aromatic rings. The van der Waals surface area contributed by atoms with Gasteiger partial charge in [0.2, 0.25) is 0 Å². The van der Waals surface area contributed by atoms with Gasteiger partial charge in [-0.3, -0.25) is 4.79 Å². The fourth-order valence-electron chi connectivity index (χ4n) is 2.78. The van der Waals surface area contributed by atoms with Gasteiger partial charge in [-0.05, 0) is 25.3 Å². The van der Waals surface area contributed by atoms with Crippen LogP contribution in [0.2, 0.25) is 0 Å². The molecule has 1 saturated carbocycles. The van der Waals surface area contributed by atoms with Crippen LogP contribution in [0.4, 0.5) is 0 Å². The molecule has 0 bridgehead atoms. The summed E-state index contributed by atoms with van der Waals surface area (Å²) < 4.78 is 0. The molecule has 2 N–H and O–H groups in total. The third-order valence-electron chi connectivity index (χ3n) is 3.85. The van der Waals surface area contributed by atoms with Crippen LogP contribution in [0, 0.1) is 5.92 Å². The van der Waals surface area contributed by atoms with Crippen LogP contribution < -0.4 is 5.32 Å². The van der Waals surface area contributed by atoms with Gasteiger partial charge in [0.25, 0.3) is 0 Å². The van der Waals surface area contributed by atoms with Crippen molar-refractivity contribution in [1.82, 2.24) is 5.32 Å². The van der Waals surface area contributed by atoms with Crippen molar-refractivity contribution in [1.29, 1.82) is 0 Å². The van der Waals surface area contributed by atoms with Crippen molar-refractivity contribution in [3.63, 3.8) is 0 Å². The Morgan fingerprint density at radius 1 is 1.26 bits per heavy atom. The molecule has 3 nitrogen and oxygen atoms in total. The van der Waals surface area contributed by atoms with Crippen LogP contribution in [-0.2, 0) is 4.79 Å². The molecule has 19 heavy (non-hydrogen) atoms. The van der Waals surface area contributed by atoms with Crippen LogP contribution in [0.1, 0.15) is 44.2 Å². The van der Waals surface area contributed by atoms with Crippen molar-refractivity contribution in [3.8, 4) is 0 Å². The lowest BCUT2D eigenvalue weighted by Gasteiger charge is -2.32. The summed E-state index contributed by atoms with van der Waals surface area (Å²) in [7, 11) is 0. The molecule has 1 aliphatic carbocycles. The average molecular weight is 284 g/mol. The molecule has 0 saturated heterocycles. The molecule has 0 spiro atoms. The molecule has 106 valence electrons. The summed E-state index contributed by atoms with van der Waals surface area (Å²) in [6.07, 6.45) is 3.93. The Morgan fingerprint density at radius 2 is 1.89 bits per heavy atom. The van der Waals surface area contributed by atoms with Crippen LogP contribution >= 0.6 is 12.4 Å². The lowest BCUT2D eigenvalue weighted by Crippen LogP contribution is -2.43. The van der Waals surface area contributed by atoms with Gasteiger partial charge in [-0.1, -0.05) is 43.2 Å². The smallest absolute Gasteiger partial charge is 0.308 e. The van der Waals surface area contributed by atoms with Crippen LogP contribution in [0.25, 0.3) is 0 Å². The summed E-state index contributed by atoms with van der Waals surface area (Å²) in [6, 6.07) is 10.5. The lowest BCUT2D eigenvalue weighted by molar-refractivity contribution is -0.143. The molecule has 0 radical (unpaired) electrons. The molecule has 1 aromatic carbocycles. The van der Waals surface area contributed by atoms with Crippen molar-refractivity contribution in [3.05, 3.63) is 35.9 Å². The molecule has 2 rings (SSSR count). The Labute approximate surface area is 120 Å². The van der Waals surface area contributed by atoms with Crippen LogP contribution in [0.15, 0.2) is 30.3 Å². The van der Waals surface area contributed by atoms with Gasteiger partial charge in [0.15, 0.2) is 0 Å². The van der Waals surface area contributed by atoms with E-state index in [1.807, 2.05) is 18.2 Å². The largest absolute Gasteiger partial charge is 0.481 e. The van der Waals surface area contributed by atoms with Crippen molar-refractivity contribution in [2.75, 3.05) is 0 Å². The minimum Gasteiger partial charge on any atom is -0.481 e. The van der Waals surface area contributed by atoms with Gasteiger partial charge in [-0.25, -0.2) is 0 Å². The molecule has 1 fully saturated rings. The average Bonchev–Trinajstić information content (AvgIpc) is 2.40. The fourth-order valence-corrected chi connectivity index (χ4v) is 2.78. The SMILES string of the molecule is C[C@@H](N[C@@H]1CCCC[C@@H]1C(=O)O)c1ccccc1.Cl. The zero-order chi connectivity index (χ0) is 13.0. The highest BCUT2D eigenvalue weighted by molar-refractivity contribution is 5.85. The van der Waals surface area contributed by atoms with Gasteiger partial charge in [0.1, 0.15) is 0 Å². The van der Waals surface area contributed by atoms with Crippen molar-refractivity contribution in [2.24, 2.45) is 5.92 Å². The number of nitrogens with one attached hydrogen (secondary N) is 1. The molecule has 4 heteroatoms. The summed E-state index contributed by atoms with van der Waals surface area (Å²) in [5, 5.41) is 12.7. The Morgan fingerprint density at radius 3 is 2.53 bits per heavy atom. The molecule has 1 aliphatic rings. The maximum Gasteiger partial charge on any atom is 0.308 e. The van der Waals surface area contributed by atoms with Gasteiger partial charge in [-0.15, -0.1) is 12.4 Å². The van der Waals surface area contributed by atoms with Gasteiger partial charge in [0, 0.05) is 12.1 Å². The van der Waals surface area contributed by atoms with E-state index in [-0.39, 0.29) is 30.4 Å². The second-order valence-electron chi connectivity index (χ2n) is 5.13. The molecule has 0 heterocycles. The minimum atomic E-state index is -0.660. The third-order valence-corrected chi connectivity index (χ3v) is 3.85. The first-order valence-electron chi connectivity index (χ1n) is 6.72. The topological polar surface area (TPSA) is 49.3 Å². The number of hydrogen-bond acceptors (Lipinski definition) is 2. The van der Waals surface area contributed by atoms with E-state index in [1.165, 1.54) is 5.56 Å². The lowest BCUT2D eigenvalue weighted by atomic mass is 9.84. The number of benzene rings is 1. The van der Waals surface area contributed by atoms with Crippen LogP contribution in [0.5, 0.6) is 0 Å². The van der Waals surface area contributed by atoms with Gasteiger partial charge in [-0.2, -0.15) is 0 Å². The number of rotatable bonds is 4. The maximum absolute atomic E-state index is 11.2. The fraction of sp³-hybridized carbons (Fsp3) is 0.533. The van der Waals surface area contributed by atoms with Crippen molar-refractivity contribution >= 4 is 18.4 Å². The highest BCUT2D eigenvalue weighted by Crippen LogP contribution is 2.27. The molecule has 3 atom stereocenters. The zero-order valence-electron chi connectivity index (χ0n) is 11.2. The molecule has 0 aliphatic heterocycles. The van der Waals surface area contributed by atoms with Crippen molar-refractivity contribution in [2.45, 2.75) is 44.7 Å². The van der Waals surface area contributed by atoms with Crippen LogP contribution in [-0.4, -0.2) is 17.1 Å². The summed E-state index contributed by atoms with van der Waals surface area (Å²) in [4.78, 5) is 11.2. The zero-order valence-corrected chi connectivity index (χ0v) is 12.0. The second-order valence-corrected chi connectivity index (χ2v) is 5.13. The Balaban J connectivity index is 0.00000180. The minimum absolute atomic E-state index is 0. The van der Waals surface area contributed by atoms with E-state index in [1.54, 1.807) is 0 Å². The number of aliphatic carboxylic acids is 1. The van der Waals surface area contributed by atoms with Gasteiger partial charge in [0.05, 0.1) is 5.92 Å². The number of carbonyl (C=O) groups is 1. The van der Waals surface area contributed by atoms with E-state index in [0.717, 1.165) is 25.7 Å². The van der Waals surface area contributed by atoms with E-state index >= 15 is 0 Å². The Hall–Kier alpha value is -1.06. The quantitative estimate of drug-likeness (QED) is 0.890. The molecule has 0 amide bonds. The predicted octanol–water partition coefficient (Wildman–Crippen LogP) is 3.40. The normalized spacial score (nSPS) is 24.3. The first kappa shape index (κ1) is 16.0. The van der Waals surface area contributed by atoms with E-state index in [2.05, 4.69) is 24.4 Å². The molecular weight excluding hydrogens is 262 g/mol. The summed E-state index contributed by atoms with van der Waals surface area (Å²) in [5.74, 6) is -0.891. The highest BCUT2D eigenvalue weighted by atomic mass is 35.5. The molecule has 0 unspecified atom stereocenters. The summed E-state index contributed by atoms with van der Waals surface area (Å²) >= 11 is 0. The predicted molar refractivity (Wildman–Crippen MR) is 78.6 cm³/mol.